The molecule has 0 saturated heterocycles. The molecule has 0 atom stereocenters. The minimum atomic E-state index is 0.701. The third kappa shape index (κ3) is 1.02. The summed E-state index contributed by atoms with van der Waals surface area (Å²) in [4.78, 5) is 10.2. The Kier molecular flexibility index (Phi) is 1.39. The van der Waals surface area contributed by atoms with Gasteiger partial charge in [0.2, 0.25) is 0 Å². The molecule has 0 spiro atoms. The molecule has 9 heavy (non-hydrogen) atoms. The van der Waals surface area contributed by atoms with E-state index in [0.717, 1.165) is 17.7 Å². The van der Waals surface area contributed by atoms with Crippen molar-refractivity contribution < 1.29 is 4.79 Å². The Morgan fingerprint density at radius 2 is 2.22 bits per heavy atom. The van der Waals surface area contributed by atoms with E-state index in [-0.39, 0.29) is 0 Å². The van der Waals surface area contributed by atoms with E-state index in [4.69, 9.17) is 0 Å². The van der Waals surface area contributed by atoms with Gasteiger partial charge < -0.3 is 0 Å². The number of hydrogen-bond donors (Lipinski definition) is 0. The van der Waals surface area contributed by atoms with Gasteiger partial charge in [0.15, 0.2) is 6.29 Å². The Balaban J connectivity index is 2.87. The standard InChI is InChI=1S/C7H8NO/c1-5-3-7(4-9)6(2)8-5/h3-4H,1-2H3. The van der Waals surface area contributed by atoms with Crippen LogP contribution in [0.3, 0.4) is 0 Å². The molecule has 1 heterocycles. The normalized spacial score (nSPS) is 17.3. The maximum absolute atomic E-state index is 10.2. The molecule has 1 aliphatic heterocycles. The number of aldehydes is 1. The highest BCUT2D eigenvalue weighted by molar-refractivity contribution is 5.80. The average molecular weight is 122 g/mol. The van der Waals surface area contributed by atoms with Crippen molar-refractivity contribution in [3.05, 3.63) is 23.0 Å². The molecule has 1 rings (SSSR count). The predicted molar refractivity (Wildman–Crippen MR) is 34.7 cm³/mol. The molecular formula is C7H8NO. The van der Waals surface area contributed by atoms with Gasteiger partial charge in [-0.05, 0) is 19.9 Å². The summed E-state index contributed by atoms with van der Waals surface area (Å²) in [6.07, 6.45) is 2.61. The zero-order valence-corrected chi connectivity index (χ0v) is 5.51. The molecule has 0 bridgehead atoms. The molecule has 47 valence electrons. The van der Waals surface area contributed by atoms with Gasteiger partial charge in [0.05, 0.1) is 0 Å². The first-order chi connectivity index (χ1) is 4.24. The van der Waals surface area contributed by atoms with Crippen molar-refractivity contribution in [2.45, 2.75) is 13.8 Å². The molecule has 0 unspecified atom stereocenters. The first-order valence-corrected chi connectivity index (χ1v) is 2.80. The Hall–Kier alpha value is -1.05. The molecule has 1 radical (unpaired) electrons. The minimum Gasteiger partial charge on any atom is -0.298 e. The molecule has 0 aromatic heterocycles. The summed E-state index contributed by atoms with van der Waals surface area (Å²) in [5.74, 6) is 0. The Morgan fingerprint density at radius 3 is 2.44 bits per heavy atom. The van der Waals surface area contributed by atoms with Crippen LogP contribution in [0.25, 0.3) is 0 Å². The van der Waals surface area contributed by atoms with Crippen LogP contribution in [-0.4, -0.2) is 6.29 Å². The van der Waals surface area contributed by atoms with E-state index in [1.165, 1.54) is 0 Å². The molecule has 0 amide bonds. The lowest BCUT2D eigenvalue weighted by atomic mass is 10.2. The lowest BCUT2D eigenvalue weighted by molar-refractivity contribution is -0.104. The molecule has 0 fully saturated rings. The molecule has 2 heteroatoms. The highest BCUT2D eigenvalue weighted by Gasteiger charge is 2.07. The summed E-state index contributed by atoms with van der Waals surface area (Å²) >= 11 is 0. The van der Waals surface area contributed by atoms with E-state index < -0.39 is 0 Å². The van der Waals surface area contributed by atoms with Gasteiger partial charge in [-0.15, -0.1) is 0 Å². The number of nitrogens with zero attached hydrogens (tertiary/aromatic N) is 1. The Bertz CT molecular complexity index is 201. The summed E-state index contributed by atoms with van der Waals surface area (Å²) in [5, 5.41) is 4.05. The van der Waals surface area contributed by atoms with Gasteiger partial charge in [0, 0.05) is 17.0 Å². The SMILES string of the molecule is CC1=CC(C=O)=C(C)[N]1. The van der Waals surface area contributed by atoms with E-state index in [9.17, 15) is 4.79 Å². The van der Waals surface area contributed by atoms with E-state index in [1.807, 2.05) is 13.8 Å². The first-order valence-electron chi connectivity index (χ1n) is 2.80. The molecule has 0 aromatic carbocycles. The lowest BCUT2D eigenvalue weighted by Crippen LogP contribution is -1.92. The van der Waals surface area contributed by atoms with Gasteiger partial charge in [-0.1, -0.05) is 0 Å². The van der Waals surface area contributed by atoms with E-state index >= 15 is 0 Å². The zero-order valence-electron chi connectivity index (χ0n) is 5.51. The average Bonchev–Trinajstić information content (AvgIpc) is 2.10. The van der Waals surface area contributed by atoms with Crippen molar-refractivity contribution >= 4 is 6.29 Å². The monoisotopic (exact) mass is 122 g/mol. The fourth-order valence-electron chi connectivity index (χ4n) is 0.810. The second-order valence-electron chi connectivity index (χ2n) is 2.06. The molecule has 0 saturated carbocycles. The number of rotatable bonds is 1. The topological polar surface area (TPSA) is 31.2 Å². The van der Waals surface area contributed by atoms with E-state index in [1.54, 1.807) is 6.08 Å². The summed E-state index contributed by atoms with van der Waals surface area (Å²) in [6.45, 7) is 3.71. The third-order valence-corrected chi connectivity index (χ3v) is 1.25. The van der Waals surface area contributed by atoms with Crippen molar-refractivity contribution in [2.75, 3.05) is 0 Å². The Morgan fingerprint density at radius 1 is 1.56 bits per heavy atom. The zero-order chi connectivity index (χ0) is 6.85. The summed E-state index contributed by atoms with van der Waals surface area (Å²) < 4.78 is 0. The predicted octanol–water partition coefficient (Wildman–Crippen LogP) is 0.981. The molecule has 2 nitrogen and oxygen atoms in total. The molecular weight excluding hydrogens is 114 g/mol. The van der Waals surface area contributed by atoms with Crippen LogP contribution >= 0.6 is 0 Å². The summed E-state index contributed by atoms with van der Waals surface area (Å²) in [7, 11) is 0. The first kappa shape index (κ1) is 6.08. The van der Waals surface area contributed by atoms with Gasteiger partial charge >= 0.3 is 0 Å². The molecule has 0 aromatic rings. The van der Waals surface area contributed by atoms with Gasteiger partial charge in [0.1, 0.15) is 0 Å². The van der Waals surface area contributed by atoms with Crippen LogP contribution in [0.2, 0.25) is 0 Å². The number of carbonyl (C=O) groups is 1. The highest BCUT2D eigenvalue weighted by Crippen LogP contribution is 2.13. The van der Waals surface area contributed by atoms with Crippen molar-refractivity contribution in [3.8, 4) is 0 Å². The quantitative estimate of drug-likeness (QED) is 0.477. The number of hydrogen-bond acceptors (Lipinski definition) is 1. The van der Waals surface area contributed by atoms with Crippen LogP contribution in [0.4, 0.5) is 0 Å². The van der Waals surface area contributed by atoms with Crippen molar-refractivity contribution in [1.29, 1.82) is 0 Å². The van der Waals surface area contributed by atoms with Crippen molar-refractivity contribution in [1.82, 2.24) is 5.32 Å². The van der Waals surface area contributed by atoms with Crippen LogP contribution in [0.5, 0.6) is 0 Å². The van der Waals surface area contributed by atoms with Crippen LogP contribution in [0.15, 0.2) is 23.0 Å². The van der Waals surface area contributed by atoms with E-state index in [0.29, 0.717) is 5.57 Å². The molecule has 0 aliphatic carbocycles. The van der Waals surface area contributed by atoms with Crippen LogP contribution in [-0.2, 0) is 4.79 Å². The van der Waals surface area contributed by atoms with Crippen molar-refractivity contribution in [2.24, 2.45) is 0 Å². The van der Waals surface area contributed by atoms with Gasteiger partial charge in [0.25, 0.3) is 0 Å². The van der Waals surface area contributed by atoms with Crippen LogP contribution in [0.1, 0.15) is 13.8 Å². The molecule has 1 aliphatic rings. The van der Waals surface area contributed by atoms with Gasteiger partial charge in [-0.25, -0.2) is 0 Å². The van der Waals surface area contributed by atoms with E-state index in [2.05, 4.69) is 5.32 Å². The fourth-order valence-corrected chi connectivity index (χ4v) is 0.810. The van der Waals surface area contributed by atoms with Gasteiger partial charge in [-0.3, -0.25) is 10.1 Å². The second-order valence-corrected chi connectivity index (χ2v) is 2.06. The van der Waals surface area contributed by atoms with Gasteiger partial charge in [-0.2, -0.15) is 0 Å². The van der Waals surface area contributed by atoms with Crippen molar-refractivity contribution in [3.63, 3.8) is 0 Å². The Labute approximate surface area is 54.3 Å². The smallest absolute Gasteiger partial charge is 0.151 e. The maximum atomic E-state index is 10.2. The lowest BCUT2D eigenvalue weighted by Gasteiger charge is -1.91. The highest BCUT2D eigenvalue weighted by atomic mass is 16.1. The number of allylic oxidation sites excluding steroid dienone is 4. The summed E-state index contributed by atoms with van der Waals surface area (Å²) in [6, 6.07) is 0. The third-order valence-electron chi connectivity index (χ3n) is 1.25. The van der Waals surface area contributed by atoms with Crippen LogP contribution < -0.4 is 5.32 Å². The fraction of sp³-hybridized carbons (Fsp3) is 0.286. The second kappa shape index (κ2) is 2.05. The largest absolute Gasteiger partial charge is 0.298 e. The number of carbonyl (C=O) groups excluding carboxylic acids is 1. The maximum Gasteiger partial charge on any atom is 0.151 e. The van der Waals surface area contributed by atoms with Crippen LogP contribution in [0, 0.1) is 0 Å². The summed E-state index contributed by atoms with van der Waals surface area (Å²) in [5.41, 5.74) is 2.43. The minimum absolute atomic E-state index is 0.701. The molecule has 0 N–H and O–H groups in total.